The van der Waals surface area contributed by atoms with Crippen molar-refractivity contribution >= 4 is 23.2 Å². The second kappa shape index (κ2) is 8.23. The molecule has 29 heavy (non-hydrogen) atoms. The number of hydrogen-bond donors (Lipinski definition) is 2. The maximum Gasteiger partial charge on any atom is 0.221 e. The molecule has 0 saturated carbocycles. The van der Waals surface area contributed by atoms with Gasteiger partial charge < -0.3 is 24.8 Å². The van der Waals surface area contributed by atoms with Crippen LogP contribution in [0, 0.1) is 0 Å². The molecular weight excluding hydrogens is 372 g/mol. The highest BCUT2D eigenvalue weighted by molar-refractivity contribution is 5.89. The monoisotopic (exact) mass is 396 g/mol. The molecular formula is C22H24N2O5. The fraction of sp³-hybridized carbons (Fsp3) is 0.364. The first-order valence-corrected chi connectivity index (χ1v) is 9.68. The van der Waals surface area contributed by atoms with Crippen LogP contribution in [0.4, 0.5) is 11.4 Å². The van der Waals surface area contributed by atoms with Crippen LogP contribution in [0.5, 0.6) is 11.5 Å². The van der Waals surface area contributed by atoms with E-state index in [0.717, 1.165) is 47.2 Å². The first-order valence-electron chi connectivity index (χ1n) is 9.68. The van der Waals surface area contributed by atoms with E-state index in [1.807, 2.05) is 36.4 Å². The van der Waals surface area contributed by atoms with E-state index in [9.17, 15) is 9.59 Å². The average Bonchev–Trinajstić information content (AvgIpc) is 3.55. The molecule has 2 aromatic rings. The van der Waals surface area contributed by atoms with Gasteiger partial charge in [0.15, 0.2) is 0 Å². The first-order chi connectivity index (χ1) is 14.0. The lowest BCUT2D eigenvalue weighted by atomic mass is 10.1. The van der Waals surface area contributed by atoms with Gasteiger partial charge in [0, 0.05) is 38.1 Å². The molecule has 2 aromatic carbocycles. The van der Waals surface area contributed by atoms with Crippen molar-refractivity contribution in [2.24, 2.45) is 0 Å². The molecule has 2 saturated heterocycles. The number of rotatable bonds is 8. The molecule has 0 bridgehead atoms. The Kier molecular flexibility index (Phi) is 5.51. The Labute approximate surface area is 169 Å². The summed E-state index contributed by atoms with van der Waals surface area (Å²) >= 11 is 0. The van der Waals surface area contributed by atoms with E-state index in [0.29, 0.717) is 12.8 Å². The smallest absolute Gasteiger partial charge is 0.221 e. The van der Waals surface area contributed by atoms with Gasteiger partial charge in [0.25, 0.3) is 0 Å². The molecule has 2 aliphatic rings. The number of hydrogen-bond acceptors (Lipinski definition) is 5. The van der Waals surface area contributed by atoms with Crippen molar-refractivity contribution in [3.8, 4) is 11.5 Å². The number of anilines is 2. The summed E-state index contributed by atoms with van der Waals surface area (Å²) in [4.78, 5) is 22.8. The van der Waals surface area contributed by atoms with Crippen LogP contribution < -0.4 is 15.4 Å². The predicted molar refractivity (Wildman–Crippen MR) is 108 cm³/mol. The third-order valence-electron chi connectivity index (χ3n) is 4.68. The van der Waals surface area contributed by atoms with E-state index >= 15 is 0 Å². The lowest BCUT2D eigenvalue weighted by Crippen LogP contribution is -2.08. The molecule has 4 rings (SSSR count). The van der Waals surface area contributed by atoms with Crippen molar-refractivity contribution < 1.29 is 23.8 Å². The van der Waals surface area contributed by atoms with Crippen LogP contribution in [0.3, 0.4) is 0 Å². The highest BCUT2D eigenvalue weighted by Crippen LogP contribution is 2.35. The van der Waals surface area contributed by atoms with Gasteiger partial charge in [-0.25, -0.2) is 0 Å². The van der Waals surface area contributed by atoms with Gasteiger partial charge >= 0.3 is 0 Å². The zero-order valence-electron chi connectivity index (χ0n) is 16.5. The lowest BCUT2D eigenvalue weighted by molar-refractivity contribution is -0.115. The molecule has 2 N–H and O–H groups in total. The Bertz CT molecular complexity index is 859. The summed E-state index contributed by atoms with van der Waals surface area (Å²) in [6.07, 6.45) is 1.81. The molecule has 2 atom stereocenters. The van der Waals surface area contributed by atoms with E-state index < -0.39 is 0 Å². The van der Waals surface area contributed by atoms with Gasteiger partial charge in [0.1, 0.15) is 11.5 Å². The Morgan fingerprint density at radius 2 is 1.28 bits per heavy atom. The summed E-state index contributed by atoms with van der Waals surface area (Å²) in [5, 5.41) is 5.62. The van der Waals surface area contributed by atoms with Crippen molar-refractivity contribution in [3.05, 3.63) is 47.5 Å². The summed E-state index contributed by atoms with van der Waals surface area (Å²) in [5.74, 6) is 1.21. The third kappa shape index (κ3) is 5.56. The molecule has 7 heteroatoms. The topological polar surface area (TPSA) is 92.5 Å². The van der Waals surface area contributed by atoms with Crippen LogP contribution in [-0.4, -0.2) is 37.2 Å². The van der Waals surface area contributed by atoms with Crippen molar-refractivity contribution in [3.63, 3.8) is 0 Å². The standard InChI is InChI=1S/C22H24N2O5/c1-13(25)23-17-3-5-21(15(7-17)9-19-11-27-19)29-22-6-4-18(24-14(2)26)8-16(22)10-20-12-28-20/h3-8,19-20H,9-12H2,1-2H3,(H,23,25)(H,24,26). The minimum atomic E-state index is -0.118. The van der Waals surface area contributed by atoms with Gasteiger partial charge in [-0.05, 0) is 47.5 Å². The number of epoxide rings is 2. The number of nitrogens with one attached hydrogen (secondary N) is 2. The number of carbonyl (C=O) groups is 2. The maximum atomic E-state index is 11.4. The van der Waals surface area contributed by atoms with E-state index in [-0.39, 0.29) is 24.0 Å². The molecule has 2 aliphatic heterocycles. The Morgan fingerprint density at radius 1 is 0.862 bits per heavy atom. The van der Waals surface area contributed by atoms with Gasteiger partial charge in [0.2, 0.25) is 11.8 Å². The van der Waals surface area contributed by atoms with E-state index in [2.05, 4.69) is 10.6 Å². The lowest BCUT2D eigenvalue weighted by Gasteiger charge is -2.16. The van der Waals surface area contributed by atoms with Crippen LogP contribution in [0.15, 0.2) is 36.4 Å². The molecule has 2 heterocycles. The second-order valence-corrected chi connectivity index (χ2v) is 7.43. The Hall–Kier alpha value is -2.90. The number of amides is 2. The Morgan fingerprint density at radius 3 is 1.62 bits per heavy atom. The highest BCUT2D eigenvalue weighted by Gasteiger charge is 2.26. The molecule has 0 radical (unpaired) electrons. The largest absolute Gasteiger partial charge is 0.457 e. The number of ether oxygens (including phenoxy) is 3. The average molecular weight is 396 g/mol. The van der Waals surface area contributed by atoms with E-state index in [1.54, 1.807) is 0 Å². The van der Waals surface area contributed by atoms with Crippen molar-refractivity contribution in [1.29, 1.82) is 0 Å². The van der Waals surface area contributed by atoms with Gasteiger partial charge in [-0.15, -0.1) is 0 Å². The normalized spacial score (nSPS) is 19.4. The molecule has 2 unspecified atom stereocenters. The molecule has 0 aliphatic carbocycles. The minimum absolute atomic E-state index is 0.118. The number of carbonyl (C=O) groups excluding carboxylic acids is 2. The van der Waals surface area contributed by atoms with Crippen LogP contribution in [0.1, 0.15) is 25.0 Å². The predicted octanol–water partition coefficient (Wildman–Crippen LogP) is 3.28. The van der Waals surface area contributed by atoms with Crippen molar-refractivity contribution in [2.45, 2.75) is 38.9 Å². The summed E-state index contributed by atoms with van der Waals surface area (Å²) in [6, 6.07) is 11.2. The van der Waals surface area contributed by atoms with Crippen LogP contribution in [0.2, 0.25) is 0 Å². The van der Waals surface area contributed by atoms with Crippen LogP contribution >= 0.6 is 0 Å². The summed E-state index contributed by atoms with van der Waals surface area (Å²) < 4.78 is 17.0. The fourth-order valence-electron chi connectivity index (χ4n) is 3.22. The molecule has 0 aromatic heterocycles. The highest BCUT2D eigenvalue weighted by atomic mass is 16.6. The van der Waals surface area contributed by atoms with Crippen LogP contribution in [-0.2, 0) is 31.9 Å². The SMILES string of the molecule is CC(=O)Nc1ccc(Oc2ccc(NC(C)=O)cc2CC2CO2)c(CC2CO2)c1. The summed E-state index contributed by atoms with van der Waals surface area (Å²) in [7, 11) is 0. The fourth-order valence-corrected chi connectivity index (χ4v) is 3.22. The van der Waals surface area contributed by atoms with Crippen LogP contribution in [0.25, 0.3) is 0 Å². The molecule has 2 fully saturated rings. The van der Waals surface area contributed by atoms with Gasteiger partial charge in [-0.1, -0.05) is 0 Å². The minimum Gasteiger partial charge on any atom is -0.457 e. The van der Waals surface area contributed by atoms with Crippen molar-refractivity contribution in [1.82, 2.24) is 0 Å². The molecule has 2 amide bonds. The maximum absolute atomic E-state index is 11.4. The van der Waals surface area contributed by atoms with Gasteiger partial charge in [0.05, 0.1) is 25.4 Å². The van der Waals surface area contributed by atoms with Gasteiger partial charge in [-0.2, -0.15) is 0 Å². The second-order valence-electron chi connectivity index (χ2n) is 7.43. The Balaban J connectivity index is 1.61. The third-order valence-corrected chi connectivity index (χ3v) is 4.68. The van der Waals surface area contributed by atoms with E-state index in [4.69, 9.17) is 14.2 Å². The summed E-state index contributed by atoms with van der Waals surface area (Å²) in [5.41, 5.74) is 3.40. The molecule has 152 valence electrons. The zero-order chi connectivity index (χ0) is 20.4. The van der Waals surface area contributed by atoms with Crippen molar-refractivity contribution in [2.75, 3.05) is 23.8 Å². The zero-order valence-corrected chi connectivity index (χ0v) is 16.5. The first kappa shape index (κ1) is 19.4. The van der Waals surface area contributed by atoms with Gasteiger partial charge in [-0.3, -0.25) is 9.59 Å². The summed E-state index contributed by atoms with van der Waals surface area (Å²) in [6.45, 7) is 4.44. The van der Waals surface area contributed by atoms with E-state index in [1.165, 1.54) is 13.8 Å². The molecule has 0 spiro atoms. The molecule has 7 nitrogen and oxygen atoms in total. The number of benzene rings is 2. The quantitative estimate of drug-likeness (QED) is 0.668.